The lowest BCUT2D eigenvalue weighted by atomic mass is 10.3. The molecule has 0 N–H and O–H groups in total. The Balaban J connectivity index is 2.46. The van der Waals surface area contributed by atoms with Crippen LogP contribution in [0.2, 0.25) is 5.15 Å². The first-order chi connectivity index (χ1) is 6.59. The van der Waals surface area contributed by atoms with Crippen LogP contribution in [0.15, 0.2) is 0 Å². The van der Waals surface area contributed by atoms with E-state index in [9.17, 15) is 0 Å². The Morgan fingerprint density at radius 3 is 2.43 bits per heavy atom. The minimum absolute atomic E-state index is 0.548. The first-order valence-corrected chi connectivity index (χ1v) is 5.18. The highest BCUT2D eigenvalue weighted by Crippen LogP contribution is 2.39. The second kappa shape index (κ2) is 3.39. The van der Waals surface area contributed by atoms with Gasteiger partial charge in [-0.15, -0.1) is 0 Å². The third-order valence-corrected chi connectivity index (χ3v) is 2.81. The van der Waals surface area contributed by atoms with Gasteiger partial charge >= 0.3 is 0 Å². The van der Waals surface area contributed by atoms with E-state index in [1.807, 2.05) is 25.9 Å². The molecule has 0 aromatic carbocycles. The first-order valence-electron chi connectivity index (χ1n) is 4.81. The van der Waals surface area contributed by atoms with Crippen LogP contribution < -0.4 is 4.90 Å². The quantitative estimate of drug-likeness (QED) is 0.704. The van der Waals surface area contributed by atoms with E-state index < -0.39 is 0 Å². The van der Waals surface area contributed by atoms with Gasteiger partial charge in [0.05, 0.1) is 0 Å². The zero-order valence-corrected chi connectivity index (χ0v) is 9.47. The molecule has 76 valence electrons. The minimum atomic E-state index is 0.548. The Morgan fingerprint density at radius 1 is 1.29 bits per heavy atom. The second-order valence-corrected chi connectivity index (χ2v) is 4.35. The van der Waals surface area contributed by atoms with Crippen LogP contribution in [0.1, 0.15) is 30.1 Å². The molecule has 2 rings (SSSR count). The molecule has 0 radical (unpaired) electrons. The van der Waals surface area contributed by atoms with Gasteiger partial charge in [-0.3, -0.25) is 0 Å². The van der Waals surface area contributed by atoms with Crippen LogP contribution in [-0.4, -0.2) is 24.1 Å². The highest BCUT2D eigenvalue weighted by atomic mass is 35.5. The van der Waals surface area contributed by atoms with Crippen LogP contribution in [-0.2, 0) is 0 Å². The molecule has 1 aromatic heterocycles. The van der Waals surface area contributed by atoms with Crippen LogP contribution in [0.5, 0.6) is 0 Å². The molecule has 1 aromatic rings. The zero-order chi connectivity index (χ0) is 10.3. The summed E-state index contributed by atoms with van der Waals surface area (Å²) in [6.07, 6.45) is 2.40. The average molecular weight is 212 g/mol. The highest BCUT2D eigenvalue weighted by molar-refractivity contribution is 6.30. The Morgan fingerprint density at radius 2 is 1.93 bits per heavy atom. The number of aromatic nitrogens is 2. The van der Waals surface area contributed by atoms with Gasteiger partial charge in [-0.25, -0.2) is 9.97 Å². The molecule has 0 spiro atoms. The third-order valence-electron chi connectivity index (χ3n) is 2.44. The largest absolute Gasteiger partial charge is 0.362 e. The maximum atomic E-state index is 6.06. The molecule has 1 saturated carbocycles. The predicted molar refractivity (Wildman–Crippen MR) is 58.1 cm³/mol. The summed E-state index contributed by atoms with van der Waals surface area (Å²) < 4.78 is 0. The molecule has 0 saturated heterocycles. The minimum Gasteiger partial charge on any atom is -0.362 e. The first kappa shape index (κ1) is 9.71. The highest BCUT2D eigenvalue weighted by Gasteiger charge is 2.28. The van der Waals surface area contributed by atoms with E-state index in [1.54, 1.807) is 0 Å². The zero-order valence-electron chi connectivity index (χ0n) is 8.71. The number of anilines is 1. The molecule has 1 fully saturated rings. The molecule has 4 heteroatoms. The molecule has 0 unspecified atom stereocenters. The third kappa shape index (κ3) is 1.69. The fraction of sp³-hybridized carbons (Fsp3) is 0.600. The van der Waals surface area contributed by atoms with Crippen LogP contribution in [0.4, 0.5) is 5.82 Å². The monoisotopic (exact) mass is 211 g/mol. The standard InChI is InChI=1S/C10H14ClN3/c1-6-8(11)12-9(7-4-5-7)13-10(6)14(2)3/h7H,4-5H2,1-3H3. The Hall–Kier alpha value is -0.830. The topological polar surface area (TPSA) is 29.0 Å². The maximum Gasteiger partial charge on any atom is 0.137 e. The van der Waals surface area contributed by atoms with Crippen LogP contribution in [0.25, 0.3) is 0 Å². The van der Waals surface area contributed by atoms with Gasteiger partial charge in [-0.2, -0.15) is 0 Å². The summed E-state index contributed by atoms with van der Waals surface area (Å²) in [5.41, 5.74) is 0.959. The summed E-state index contributed by atoms with van der Waals surface area (Å²) >= 11 is 6.06. The summed E-state index contributed by atoms with van der Waals surface area (Å²) in [4.78, 5) is 10.8. The van der Waals surface area contributed by atoms with Crippen molar-refractivity contribution in [1.82, 2.24) is 9.97 Å². The van der Waals surface area contributed by atoms with Crippen molar-refractivity contribution < 1.29 is 0 Å². The van der Waals surface area contributed by atoms with Crippen molar-refractivity contribution >= 4 is 17.4 Å². The van der Waals surface area contributed by atoms with Gasteiger partial charge in [-0.1, -0.05) is 11.6 Å². The summed E-state index contributed by atoms with van der Waals surface area (Å²) in [6, 6.07) is 0. The number of halogens is 1. The van der Waals surface area contributed by atoms with Crippen molar-refractivity contribution in [1.29, 1.82) is 0 Å². The molecular formula is C10H14ClN3. The van der Waals surface area contributed by atoms with E-state index in [1.165, 1.54) is 12.8 Å². The van der Waals surface area contributed by atoms with Gasteiger partial charge in [0.1, 0.15) is 16.8 Å². The lowest BCUT2D eigenvalue weighted by molar-refractivity contribution is 0.895. The smallest absolute Gasteiger partial charge is 0.137 e. The maximum absolute atomic E-state index is 6.06. The van der Waals surface area contributed by atoms with Crippen molar-refractivity contribution in [2.75, 3.05) is 19.0 Å². The Labute approximate surface area is 89.1 Å². The van der Waals surface area contributed by atoms with Crippen molar-refractivity contribution in [3.8, 4) is 0 Å². The van der Waals surface area contributed by atoms with Crippen molar-refractivity contribution in [3.63, 3.8) is 0 Å². The summed E-state index contributed by atoms with van der Waals surface area (Å²) in [7, 11) is 3.95. The normalized spacial score (nSPS) is 15.7. The molecule has 0 amide bonds. The molecule has 1 aliphatic carbocycles. The number of hydrogen-bond donors (Lipinski definition) is 0. The van der Waals surface area contributed by atoms with Gasteiger partial charge in [-0.05, 0) is 19.8 Å². The second-order valence-electron chi connectivity index (χ2n) is 3.99. The van der Waals surface area contributed by atoms with E-state index in [0.29, 0.717) is 11.1 Å². The Bertz CT molecular complexity index is 359. The fourth-order valence-electron chi connectivity index (χ4n) is 1.45. The molecular weight excluding hydrogens is 198 g/mol. The van der Waals surface area contributed by atoms with E-state index in [2.05, 4.69) is 9.97 Å². The van der Waals surface area contributed by atoms with Crippen LogP contribution in [0, 0.1) is 6.92 Å². The molecule has 14 heavy (non-hydrogen) atoms. The number of rotatable bonds is 2. The van der Waals surface area contributed by atoms with Gasteiger partial charge in [0.25, 0.3) is 0 Å². The lowest BCUT2D eigenvalue weighted by Crippen LogP contribution is -2.14. The molecule has 0 bridgehead atoms. The van der Waals surface area contributed by atoms with Crippen molar-refractivity contribution in [2.45, 2.75) is 25.7 Å². The van der Waals surface area contributed by atoms with Gasteiger partial charge in [0.15, 0.2) is 0 Å². The van der Waals surface area contributed by atoms with Crippen LogP contribution >= 0.6 is 11.6 Å². The van der Waals surface area contributed by atoms with E-state index in [-0.39, 0.29) is 0 Å². The number of nitrogens with zero attached hydrogens (tertiary/aromatic N) is 3. The molecule has 0 aliphatic heterocycles. The SMILES string of the molecule is Cc1c(Cl)nc(C2CC2)nc1N(C)C. The van der Waals surface area contributed by atoms with Crippen molar-refractivity contribution in [2.24, 2.45) is 0 Å². The summed E-state index contributed by atoms with van der Waals surface area (Å²) in [6.45, 7) is 1.95. The lowest BCUT2D eigenvalue weighted by Gasteiger charge is -2.15. The predicted octanol–water partition coefficient (Wildman–Crippen LogP) is 2.38. The van der Waals surface area contributed by atoms with Crippen molar-refractivity contribution in [3.05, 3.63) is 16.5 Å². The number of hydrogen-bond acceptors (Lipinski definition) is 3. The van der Waals surface area contributed by atoms with Gasteiger partial charge < -0.3 is 4.90 Å². The molecule has 0 atom stereocenters. The summed E-state index contributed by atoms with van der Waals surface area (Å²) in [5, 5.41) is 0.589. The molecule has 1 aliphatic rings. The average Bonchev–Trinajstić information content (AvgIpc) is 2.91. The van der Waals surface area contributed by atoms with Gasteiger partial charge in [0.2, 0.25) is 0 Å². The van der Waals surface area contributed by atoms with Crippen LogP contribution in [0.3, 0.4) is 0 Å². The molecule has 1 heterocycles. The van der Waals surface area contributed by atoms with E-state index >= 15 is 0 Å². The van der Waals surface area contributed by atoms with Gasteiger partial charge in [0, 0.05) is 25.6 Å². The fourth-order valence-corrected chi connectivity index (χ4v) is 1.62. The van der Waals surface area contributed by atoms with E-state index in [0.717, 1.165) is 17.2 Å². The Kier molecular flexibility index (Phi) is 2.35. The molecule has 3 nitrogen and oxygen atoms in total. The van der Waals surface area contributed by atoms with E-state index in [4.69, 9.17) is 11.6 Å². The summed E-state index contributed by atoms with van der Waals surface area (Å²) in [5.74, 6) is 2.39.